The monoisotopic (exact) mass is 216 g/mol. The first-order valence-corrected chi connectivity index (χ1v) is 6.60. The van der Waals surface area contributed by atoms with Crippen LogP contribution in [0.1, 0.15) is 32.6 Å². The number of ketones is 1. The summed E-state index contributed by atoms with van der Waals surface area (Å²) in [5, 5.41) is 8.82. The van der Waals surface area contributed by atoms with Crippen LogP contribution in [0.4, 0.5) is 0 Å². The van der Waals surface area contributed by atoms with Crippen LogP contribution in [0.5, 0.6) is 0 Å². The molecule has 1 saturated carbocycles. The van der Waals surface area contributed by atoms with Crippen molar-refractivity contribution in [2.45, 2.75) is 32.6 Å². The summed E-state index contributed by atoms with van der Waals surface area (Å²) in [5.41, 5.74) is 0. The van der Waals surface area contributed by atoms with E-state index >= 15 is 0 Å². The molecule has 82 valence electrons. The summed E-state index contributed by atoms with van der Waals surface area (Å²) in [7, 11) is 0. The Labute approximate surface area is 90.5 Å². The first kappa shape index (κ1) is 12.1. The van der Waals surface area contributed by atoms with Crippen molar-refractivity contribution in [3.63, 3.8) is 0 Å². The van der Waals surface area contributed by atoms with E-state index in [-0.39, 0.29) is 6.61 Å². The number of aliphatic hydroxyl groups excluding tert-OH is 1. The predicted octanol–water partition coefficient (Wildman–Crippen LogP) is 2.11. The maximum absolute atomic E-state index is 11.3. The molecule has 0 aromatic heterocycles. The Balaban J connectivity index is 2.01. The molecule has 0 aromatic carbocycles. The van der Waals surface area contributed by atoms with Crippen molar-refractivity contribution >= 4 is 17.5 Å². The highest BCUT2D eigenvalue weighted by molar-refractivity contribution is 7.99. The number of hydrogen-bond acceptors (Lipinski definition) is 3. The quantitative estimate of drug-likeness (QED) is 0.691. The molecule has 14 heavy (non-hydrogen) atoms. The van der Waals surface area contributed by atoms with Crippen molar-refractivity contribution in [1.82, 2.24) is 0 Å². The molecule has 2 unspecified atom stereocenters. The van der Waals surface area contributed by atoms with Crippen LogP contribution in [-0.2, 0) is 4.79 Å². The molecule has 3 heteroatoms. The number of carbonyl (C=O) groups excluding carboxylic acids is 1. The van der Waals surface area contributed by atoms with Gasteiger partial charge in [0, 0.05) is 18.9 Å². The van der Waals surface area contributed by atoms with Crippen molar-refractivity contribution in [1.29, 1.82) is 0 Å². The Kier molecular flexibility index (Phi) is 5.56. The van der Waals surface area contributed by atoms with Gasteiger partial charge in [0.2, 0.25) is 0 Å². The maximum atomic E-state index is 11.3. The Morgan fingerprint density at radius 3 is 3.00 bits per heavy atom. The van der Waals surface area contributed by atoms with E-state index in [0.29, 0.717) is 17.6 Å². The zero-order chi connectivity index (χ0) is 10.4. The van der Waals surface area contributed by atoms with E-state index in [1.165, 1.54) is 0 Å². The van der Waals surface area contributed by atoms with Gasteiger partial charge in [-0.2, -0.15) is 11.8 Å². The standard InChI is InChI=1S/C11H20O2S/c1-9(7-12)8-14-6-5-10-3-2-4-11(10)13/h9-10,12H,2-8H2,1H3. The molecule has 1 rings (SSSR count). The topological polar surface area (TPSA) is 37.3 Å². The van der Waals surface area contributed by atoms with Crippen molar-refractivity contribution in [3.05, 3.63) is 0 Å². The molecule has 0 heterocycles. The average Bonchev–Trinajstić information content (AvgIpc) is 2.58. The second kappa shape index (κ2) is 6.46. The van der Waals surface area contributed by atoms with Gasteiger partial charge in [-0.05, 0) is 36.7 Å². The minimum absolute atomic E-state index is 0.273. The van der Waals surface area contributed by atoms with E-state index < -0.39 is 0 Å². The summed E-state index contributed by atoms with van der Waals surface area (Å²) in [6, 6.07) is 0. The molecule has 1 aliphatic carbocycles. The Morgan fingerprint density at radius 1 is 1.64 bits per heavy atom. The smallest absolute Gasteiger partial charge is 0.136 e. The van der Waals surface area contributed by atoms with Crippen LogP contribution in [0.2, 0.25) is 0 Å². The van der Waals surface area contributed by atoms with Gasteiger partial charge in [0.05, 0.1) is 0 Å². The summed E-state index contributed by atoms with van der Waals surface area (Å²) < 4.78 is 0. The fraction of sp³-hybridized carbons (Fsp3) is 0.909. The molecule has 0 bridgehead atoms. The van der Waals surface area contributed by atoms with E-state index in [4.69, 9.17) is 5.11 Å². The lowest BCUT2D eigenvalue weighted by Gasteiger charge is -2.09. The van der Waals surface area contributed by atoms with Gasteiger partial charge in [0.1, 0.15) is 5.78 Å². The summed E-state index contributed by atoms with van der Waals surface area (Å²) in [6.07, 6.45) is 4.06. The molecule has 0 spiro atoms. The highest BCUT2D eigenvalue weighted by Gasteiger charge is 2.23. The van der Waals surface area contributed by atoms with E-state index in [0.717, 1.165) is 37.2 Å². The van der Waals surface area contributed by atoms with E-state index in [1.807, 2.05) is 18.7 Å². The Morgan fingerprint density at radius 2 is 2.43 bits per heavy atom. The lowest BCUT2D eigenvalue weighted by molar-refractivity contribution is -0.120. The molecule has 2 nitrogen and oxygen atoms in total. The Bertz CT molecular complexity index is 182. The lowest BCUT2D eigenvalue weighted by Crippen LogP contribution is -2.08. The van der Waals surface area contributed by atoms with Crippen molar-refractivity contribution in [3.8, 4) is 0 Å². The number of thioether (sulfide) groups is 1. The molecule has 1 fully saturated rings. The Hall–Kier alpha value is -0.0200. The zero-order valence-electron chi connectivity index (χ0n) is 8.87. The molecule has 0 amide bonds. The maximum Gasteiger partial charge on any atom is 0.136 e. The van der Waals surface area contributed by atoms with Crippen LogP contribution in [0.25, 0.3) is 0 Å². The summed E-state index contributed by atoms with van der Waals surface area (Å²) >= 11 is 1.86. The van der Waals surface area contributed by atoms with Gasteiger partial charge in [0.15, 0.2) is 0 Å². The molecule has 2 atom stereocenters. The van der Waals surface area contributed by atoms with Gasteiger partial charge < -0.3 is 5.11 Å². The van der Waals surface area contributed by atoms with Gasteiger partial charge in [-0.25, -0.2) is 0 Å². The average molecular weight is 216 g/mol. The number of carbonyl (C=O) groups is 1. The van der Waals surface area contributed by atoms with E-state index in [9.17, 15) is 4.79 Å². The largest absolute Gasteiger partial charge is 0.396 e. The van der Waals surface area contributed by atoms with E-state index in [2.05, 4.69) is 0 Å². The minimum atomic E-state index is 0.273. The number of rotatable bonds is 6. The summed E-state index contributed by atoms with van der Waals surface area (Å²) in [6.45, 7) is 2.32. The molecule has 1 N–H and O–H groups in total. The van der Waals surface area contributed by atoms with Gasteiger partial charge >= 0.3 is 0 Å². The SMILES string of the molecule is CC(CO)CSCCC1CCCC1=O. The van der Waals surface area contributed by atoms with Gasteiger partial charge in [0.25, 0.3) is 0 Å². The molecule has 0 aromatic rings. The highest BCUT2D eigenvalue weighted by Crippen LogP contribution is 2.25. The minimum Gasteiger partial charge on any atom is -0.396 e. The van der Waals surface area contributed by atoms with Crippen LogP contribution in [0.15, 0.2) is 0 Å². The summed E-state index contributed by atoms with van der Waals surface area (Å²) in [4.78, 5) is 11.3. The first-order valence-electron chi connectivity index (χ1n) is 5.45. The predicted molar refractivity (Wildman–Crippen MR) is 60.5 cm³/mol. The van der Waals surface area contributed by atoms with Crippen LogP contribution in [0.3, 0.4) is 0 Å². The third kappa shape index (κ3) is 4.01. The molecular weight excluding hydrogens is 196 g/mol. The van der Waals surface area contributed by atoms with Gasteiger partial charge in [-0.1, -0.05) is 6.92 Å². The molecule has 0 saturated heterocycles. The lowest BCUT2D eigenvalue weighted by atomic mass is 10.1. The number of aliphatic hydroxyl groups is 1. The van der Waals surface area contributed by atoms with Gasteiger partial charge in [-0.3, -0.25) is 4.79 Å². The van der Waals surface area contributed by atoms with Crippen molar-refractivity contribution in [2.75, 3.05) is 18.1 Å². The number of Topliss-reactive ketones (excluding diaryl/α,β-unsaturated/α-hetero) is 1. The molecule has 0 aliphatic heterocycles. The summed E-state index contributed by atoms with van der Waals surface area (Å²) in [5.74, 6) is 3.30. The third-order valence-electron chi connectivity index (χ3n) is 2.76. The molecule has 0 radical (unpaired) electrons. The van der Waals surface area contributed by atoms with Crippen LogP contribution in [-0.4, -0.2) is 29.0 Å². The third-order valence-corrected chi connectivity index (χ3v) is 4.08. The fourth-order valence-corrected chi connectivity index (χ4v) is 2.88. The number of hydrogen-bond donors (Lipinski definition) is 1. The second-order valence-corrected chi connectivity index (χ2v) is 5.36. The van der Waals surface area contributed by atoms with Crippen LogP contribution >= 0.6 is 11.8 Å². The van der Waals surface area contributed by atoms with Crippen molar-refractivity contribution < 1.29 is 9.90 Å². The zero-order valence-corrected chi connectivity index (χ0v) is 9.68. The highest BCUT2D eigenvalue weighted by atomic mass is 32.2. The fourth-order valence-electron chi connectivity index (χ4n) is 1.76. The van der Waals surface area contributed by atoms with Crippen LogP contribution in [0, 0.1) is 11.8 Å². The first-order chi connectivity index (χ1) is 6.74. The normalized spacial score (nSPS) is 24.1. The molecular formula is C11H20O2S. The van der Waals surface area contributed by atoms with Crippen LogP contribution < -0.4 is 0 Å². The molecule has 1 aliphatic rings. The van der Waals surface area contributed by atoms with E-state index in [1.54, 1.807) is 0 Å². The van der Waals surface area contributed by atoms with Gasteiger partial charge in [-0.15, -0.1) is 0 Å². The van der Waals surface area contributed by atoms with Crippen molar-refractivity contribution in [2.24, 2.45) is 11.8 Å². The second-order valence-electron chi connectivity index (χ2n) is 4.21.